The van der Waals surface area contributed by atoms with Crippen molar-refractivity contribution in [3.05, 3.63) is 35.9 Å². The van der Waals surface area contributed by atoms with Crippen LogP contribution in [0.15, 0.2) is 30.3 Å². The zero-order valence-corrected chi connectivity index (χ0v) is 14.5. The fourth-order valence-corrected chi connectivity index (χ4v) is 2.29. The molecule has 130 valence electrons. The molecule has 5 heteroatoms. The fraction of sp³-hybridized carbons (Fsp3) is 0.556. The summed E-state index contributed by atoms with van der Waals surface area (Å²) in [5, 5.41) is 10.8. The van der Waals surface area contributed by atoms with Gasteiger partial charge in [-0.3, -0.25) is 4.79 Å². The molecule has 0 heterocycles. The van der Waals surface area contributed by atoms with Gasteiger partial charge in [-0.15, -0.1) is 0 Å². The van der Waals surface area contributed by atoms with Crippen molar-refractivity contribution in [2.24, 2.45) is 17.6 Å². The lowest BCUT2D eigenvalue weighted by Gasteiger charge is -2.18. The predicted molar refractivity (Wildman–Crippen MR) is 93.2 cm³/mol. The number of carbonyl (C=O) groups excluding carboxylic acids is 1. The van der Waals surface area contributed by atoms with Crippen molar-refractivity contribution in [2.45, 2.75) is 46.1 Å². The smallest absolute Gasteiger partial charge is 0.326 e. The summed E-state index contributed by atoms with van der Waals surface area (Å²) in [6.07, 6.45) is 0.884. The molecule has 0 bridgehead atoms. The average molecular weight is 322 g/mol. The molecule has 1 aromatic rings. The van der Waals surface area contributed by atoms with Crippen LogP contribution in [-0.4, -0.2) is 30.1 Å². The number of hydrogen-bond acceptors (Lipinski definition) is 3. The normalized spacial score (nSPS) is 13.0. The van der Waals surface area contributed by atoms with Gasteiger partial charge in [-0.05, 0) is 36.3 Å². The maximum absolute atomic E-state index is 10.4. The highest BCUT2D eigenvalue weighted by molar-refractivity contribution is 5.76. The average Bonchev–Trinajstić information content (AvgIpc) is 2.48. The zero-order valence-electron chi connectivity index (χ0n) is 14.5. The molecule has 23 heavy (non-hydrogen) atoms. The number of rotatable bonds is 8. The number of benzene rings is 1. The Bertz CT molecular complexity index is 447. The molecule has 1 rings (SSSR count). The van der Waals surface area contributed by atoms with E-state index in [9.17, 15) is 9.59 Å². The van der Waals surface area contributed by atoms with Gasteiger partial charge in [0, 0.05) is 0 Å². The monoisotopic (exact) mass is 322 g/mol. The fourth-order valence-electron chi connectivity index (χ4n) is 2.29. The van der Waals surface area contributed by atoms with E-state index < -0.39 is 12.0 Å². The van der Waals surface area contributed by atoms with Crippen LogP contribution < -0.4 is 11.1 Å². The largest absolute Gasteiger partial charge is 0.480 e. The Labute approximate surface area is 139 Å². The van der Waals surface area contributed by atoms with Gasteiger partial charge in [0.2, 0.25) is 6.41 Å². The minimum atomic E-state index is -0.981. The molecule has 0 radical (unpaired) electrons. The SMILES string of the molecule is CC(C)C(CN)c1ccccc1.CC(C)C[C@H](NC=O)C(=O)O. The summed E-state index contributed by atoms with van der Waals surface area (Å²) in [6, 6.07) is 9.74. The van der Waals surface area contributed by atoms with Crippen LogP contribution in [-0.2, 0) is 9.59 Å². The summed E-state index contributed by atoms with van der Waals surface area (Å²) in [7, 11) is 0. The van der Waals surface area contributed by atoms with Crippen molar-refractivity contribution in [3.8, 4) is 0 Å². The number of carbonyl (C=O) groups is 2. The molecule has 4 N–H and O–H groups in total. The van der Waals surface area contributed by atoms with E-state index in [1.165, 1.54) is 5.56 Å². The maximum Gasteiger partial charge on any atom is 0.326 e. The highest BCUT2D eigenvalue weighted by Gasteiger charge is 2.16. The topological polar surface area (TPSA) is 92.4 Å². The molecular weight excluding hydrogens is 292 g/mol. The van der Waals surface area contributed by atoms with Crippen LogP contribution in [0.5, 0.6) is 0 Å². The molecule has 0 fully saturated rings. The first-order valence-electron chi connectivity index (χ1n) is 8.00. The zero-order chi connectivity index (χ0) is 17.8. The third-order valence-corrected chi connectivity index (χ3v) is 3.56. The van der Waals surface area contributed by atoms with E-state index in [1.54, 1.807) is 0 Å². The minimum Gasteiger partial charge on any atom is -0.480 e. The summed E-state index contributed by atoms with van der Waals surface area (Å²) in [5.74, 6) is 0.415. The van der Waals surface area contributed by atoms with Crippen LogP contribution in [0.25, 0.3) is 0 Å². The van der Waals surface area contributed by atoms with Crippen LogP contribution >= 0.6 is 0 Å². The third kappa shape index (κ3) is 8.98. The number of carboxylic acids is 1. The number of nitrogens with one attached hydrogen (secondary N) is 1. The van der Waals surface area contributed by atoms with Gasteiger partial charge >= 0.3 is 5.97 Å². The van der Waals surface area contributed by atoms with Gasteiger partial charge in [-0.25, -0.2) is 4.79 Å². The van der Waals surface area contributed by atoms with Gasteiger partial charge in [0.1, 0.15) is 6.04 Å². The Morgan fingerprint density at radius 1 is 1.22 bits per heavy atom. The number of carboxylic acid groups (broad SMARTS) is 1. The number of amides is 1. The molecule has 0 aliphatic rings. The molecule has 0 saturated carbocycles. The Kier molecular flexibility index (Phi) is 10.7. The van der Waals surface area contributed by atoms with Crippen LogP contribution in [0.4, 0.5) is 0 Å². The molecule has 0 aromatic heterocycles. The van der Waals surface area contributed by atoms with Crippen LogP contribution in [0.1, 0.15) is 45.6 Å². The Morgan fingerprint density at radius 3 is 2.13 bits per heavy atom. The van der Waals surface area contributed by atoms with Crippen LogP contribution in [0.3, 0.4) is 0 Å². The molecule has 1 unspecified atom stereocenters. The maximum atomic E-state index is 10.4. The van der Waals surface area contributed by atoms with Gasteiger partial charge in [0.25, 0.3) is 0 Å². The summed E-state index contributed by atoms with van der Waals surface area (Å²) in [5.41, 5.74) is 7.06. The predicted octanol–water partition coefficient (Wildman–Crippen LogP) is 2.62. The lowest BCUT2D eigenvalue weighted by Crippen LogP contribution is -2.36. The van der Waals surface area contributed by atoms with E-state index in [4.69, 9.17) is 10.8 Å². The summed E-state index contributed by atoms with van der Waals surface area (Å²) in [6.45, 7) is 8.97. The highest BCUT2D eigenvalue weighted by Crippen LogP contribution is 2.22. The number of hydrogen-bond donors (Lipinski definition) is 3. The molecule has 0 spiro atoms. The second kappa shape index (κ2) is 11.7. The quantitative estimate of drug-likeness (QED) is 0.641. The summed E-state index contributed by atoms with van der Waals surface area (Å²) in [4.78, 5) is 20.3. The molecule has 1 amide bonds. The Hall–Kier alpha value is -1.88. The van der Waals surface area contributed by atoms with Gasteiger partial charge in [-0.1, -0.05) is 58.0 Å². The Balaban J connectivity index is 0.000000423. The Morgan fingerprint density at radius 2 is 1.78 bits per heavy atom. The first kappa shape index (κ1) is 21.1. The van der Waals surface area contributed by atoms with Crippen molar-refractivity contribution in [1.29, 1.82) is 0 Å². The van der Waals surface area contributed by atoms with Crippen LogP contribution in [0.2, 0.25) is 0 Å². The molecule has 0 aliphatic heterocycles. The highest BCUT2D eigenvalue weighted by atomic mass is 16.4. The van der Waals surface area contributed by atoms with E-state index in [0.29, 0.717) is 24.7 Å². The lowest BCUT2D eigenvalue weighted by atomic mass is 9.89. The second-order valence-corrected chi connectivity index (χ2v) is 6.30. The molecule has 0 saturated heterocycles. The van der Waals surface area contributed by atoms with Gasteiger partial charge in [0.15, 0.2) is 0 Å². The molecule has 0 aliphatic carbocycles. The summed E-state index contributed by atoms with van der Waals surface area (Å²) >= 11 is 0. The standard InChI is InChI=1S/C11H17N.C7H13NO3/c1-9(2)11(8-12)10-6-4-3-5-7-10;1-5(2)3-6(7(10)11)8-4-9/h3-7,9,11H,8,12H2,1-2H3;4-6H,3H2,1-2H3,(H,8,9)(H,10,11)/t;6-/m.0/s1. The van der Waals surface area contributed by atoms with E-state index in [1.807, 2.05) is 19.9 Å². The van der Waals surface area contributed by atoms with E-state index in [2.05, 4.69) is 43.4 Å². The number of nitrogens with two attached hydrogens (primary N) is 1. The third-order valence-electron chi connectivity index (χ3n) is 3.56. The lowest BCUT2D eigenvalue weighted by molar-refractivity contribution is -0.141. The summed E-state index contributed by atoms with van der Waals surface area (Å²) < 4.78 is 0. The molecule has 1 aromatic carbocycles. The first-order chi connectivity index (χ1) is 10.8. The van der Waals surface area contributed by atoms with Crippen molar-refractivity contribution in [3.63, 3.8) is 0 Å². The van der Waals surface area contributed by atoms with Gasteiger partial charge in [0.05, 0.1) is 0 Å². The molecule has 2 atom stereocenters. The van der Waals surface area contributed by atoms with E-state index >= 15 is 0 Å². The van der Waals surface area contributed by atoms with Crippen molar-refractivity contribution in [1.82, 2.24) is 5.32 Å². The van der Waals surface area contributed by atoms with Gasteiger partial charge < -0.3 is 16.2 Å². The molecule has 5 nitrogen and oxygen atoms in total. The van der Waals surface area contributed by atoms with E-state index in [0.717, 1.165) is 6.54 Å². The van der Waals surface area contributed by atoms with Gasteiger partial charge in [-0.2, -0.15) is 0 Å². The number of aliphatic carboxylic acids is 1. The van der Waals surface area contributed by atoms with E-state index in [-0.39, 0.29) is 5.92 Å². The molecular formula is C18H30N2O3. The first-order valence-corrected chi connectivity index (χ1v) is 8.00. The van der Waals surface area contributed by atoms with Crippen molar-refractivity contribution in [2.75, 3.05) is 6.54 Å². The van der Waals surface area contributed by atoms with Crippen molar-refractivity contribution >= 4 is 12.4 Å². The van der Waals surface area contributed by atoms with Crippen LogP contribution in [0, 0.1) is 11.8 Å². The second-order valence-electron chi connectivity index (χ2n) is 6.30. The van der Waals surface area contributed by atoms with Crippen molar-refractivity contribution < 1.29 is 14.7 Å². The minimum absolute atomic E-state index is 0.267.